The van der Waals surface area contributed by atoms with Crippen molar-refractivity contribution in [1.29, 1.82) is 0 Å². The maximum atomic E-state index is 5.20. The number of aromatic nitrogens is 2. The molecule has 0 unspecified atom stereocenters. The van der Waals surface area contributed by atoms with Gasteiger partial charge in [-0.15, -0.1) is 0 Å². The minimum Gasteiger partial charge on any atom is -0.497 e. The highest BCUT2D eigenvalue weighted by atomic mass is 16.5. The summed E-state index contributed by atoms with van der Waals surface area (Å²) in [6, 6.07) is 14.3. The number of nitrogens with one attached hydrogen (secondary N) is 1. The number of hydrogen-bond donors (Lipinski definition) is 1. The Morgan fingerprint density at radius 2 is 1.79 bits per heavy atom. The molecule has 5 nitrogen and oxygen atoms in total. The third-order valence-corrected chi connectivity index (χ3v) is 3.93. The van der Waals surface area contributed by atoms with Gasteiger partial charge in [0.1, 0.15) is 17.4 Å². The Hall–Kier alpha value is -2.82. The summed E-state index contributed by atoms with van der Waals surface area (Å²) in [6.45, 7) is 2.61. The third-order valence-electron chi connectivity index (χ3n) is 3.93. The van der Waals surface area contributed by atoms with Crippen LogP contribution >= 0.6 is 0 Å². The van der Waals surface area contributed by atoms with Crippen LogP contribution in [0.5, 0.6) is 5.75 Å². The van der Waals surface area contributed by atoms with Crippen molar-refractivity contribution < 1.29 is 4.74 Å². The summed E-state index contributed by atoms with van der Waals surface area (Å²) in [6.07, 6.45) is 0. The number of aryl methyl sites for hydroxylation is 1. The topological polar surface area (TPSA) is 50.3 Å². The van der Waals surface area contributed by atoms with E-state index in [9.17, 15) is 0 Å². The second-order valence-corrected chi connectivity index (χ2v) is 5.92. The van der Waals surface area contributed by atoms with Crippen molar-refractivity contribution in [3.63, 3.8) is 0 Å². The van der Waals surface area contributed by atoms with Gasteiger partial charge in [0.15, 0.2) is 0 Å². The van der Waals surface area contributed by atoms with Crippen molar-refractivity contribution in [2.24, 2.45) is 0 Å². The highest BCUT2D eigenvalue weighted by molar-refractivity contribution is 5.91. The van der Waals surface area contributed by atoms with E-state index in [-0.39, 0.29) is 0 Å². The van der Waals surface area contributed by atoms with Gasteiger partial charge < -0.3 is 15.0 Å². The normalized spacial score (nSPS) is 10.7. The Kier molecular flexibility index (Phi) is 4.51. The van der Waals surface area contributed by atoms with Gasteiger partial charge in [0, 0.05) is 31.7 Å². The lowest BCUT2D eigenvalue weighted by Crippen LogP contribution is -2.09. The molecule has 0 spiro atoms. The molecule has 0 aliphatic rings. The summed E-state index contributed by atoms with van der Waals surface area (Å²) in [5, 5.41) is 4.47. The lowest BCUT2D eigenvalue weighted by Gasteiger charge is -2.15. The van der Waals surface area contributed by atoms with Crippen LogP contribution in [0.4, 0.5) is 11.5 Å². The predicted octanol–water partition coefficient (Wildman–Crippen LogP) is 3.62. The highest BCUT2D eigenvalue weighted by Crippen LogP contribution is 2.25. The minimum absolute atomic E-state index is 0.696. The smallest absolute Gasteiger partial charge is 0.137 e. The molecule has 2 aromatic carbocycles. The van der Waals surface area contributed by atoms with Crippen molar-refractivity contribution in [2.45, 2.75) is 13.5 Å². The average molecular weight is 322 g/mol. The van der Waals surface area contributed by atoms with E-state index < -0.39 is 0 Å². The zero-order valence-electron chi connectivity index (χ0n) is 14.5. The maximum Gasteiger partial charge on any atom is 0.137 e. The molecule has 124 valence electrons. The van der Waals surface area contributed by atoms with Gasteiger partial charge in [-0.2, -0.15) is 0 Å². The number of ether oxygens (including phenoxy) is 1. The zero-order chi connectivity index (χ0) is 17.1. The monoisotopic (exact) mass is 322 g/mol. The van der Waals surface area contributed by atoms with E-state index in [1.54, 1.807) is 7.11 Å². The maximum absolute atomic E-state index is 5.20. The number of hydrogen-bond acceptors (Lipinski definition) is 5. The van der Waals surface area contributed by atoms with Gasteiger partial charge in [-0.3, -0.25) is 0 Å². The molecule has 0 radical (unpaired) electrons. The van der Waals surface area contributed by atoms with Crippen LogP contribution in [0.15, 0.2) is 42.5 Å². The highest BCUT2D eigenvalue weighted by Gasteiger charge is 2.08. The Morgan fingerprint density at radius 3 is 2.46 bits per heavy atom. The summed E-state index contributed by atoms with van der Waals surface area (Å²) in [4.78, 5) is 11.2. The first-order valence-electron chi connectivity index (χ1n) is 7.89. The van der Waals surface area contributed by atoms with Gasteiger partial charge in [-0.1, -0.05) is 12.1 Å². The number of rotatable bonds is 5. The number of nitrogens with zero attached hydrogens (tertiary/aromatic N) is 3. The second kappa shape index (κ2) is 6.74. The van der Waals surface area contributed by atoms with Crippen LogP contribution in [-0.2, 0) is 6.54 Å². The largest absolute Gasteiger partial charge is 0.497 e. The van der Waals surface area contributed by atoms with Gasteiger partial charge in [0.2, 0.25) is 0 Å². The number of anilines is 2. The molecule has 5 heteroatoms. The van der Waals surface area contributed by atoms with E-state index in [1.807, 2.05) is 51.4 Å². The molecule has 1 heterocycles. The van der Waals surface area contributed by atoms with Gasteiger partial charge in [0.05, 0.1) is 12.6 Å². The fourth-order valence-electron chi connectivity index (χ4n) is 2.57. The summed E-state index contributed by atoms with van der Waals surface area (Å²) in [5.41, 5.74) is 3.25. The summed E-state index contributed by atoms with van der Waals surface area (Å²) in [5.74, 6) is 2.48. The van der Waals surface area contributed by atoms with Gasteiger partial charge in [-0.25, -0.2) is 9.97 Å². The van der Waals surface area contributed by atoms with Crippen LogP contribution < -0.4 is 15.0 Å². The van der Waals surface area contributed by atoms with E-state index in [1.165, 1.54) is 5.56 Å². The molecule has 0 fully saturated rings. The molecule has 0 atom stereocenters. The molecular weight excluding hydrogens is 300 g/mol. The first-order valence-corrected chi connectivity index (χ1v) is 7.89. The van der Waals surface area contributed by atoms with Crippen LogP contribution in [0.25, 0.3) is 10.9 Å². The molecule has 3 rings (SSSR count). The zero-order valence-corrected chi connectivity index (χ0v) is 14.5. The molecule has 1 N–H and O–H groups in total. The molecule has 0 bridgehead atoms. The van der Waals surface area contributed by atoms with Crippen molar-refractivity contribution in [3.8, 4) is 5.75 Å². The minimum atomic E-state index is 0.696. The molecule has 0 amide bonds. The molecule has 0 aliphatic heterocycles. The lowest BCUT2D eigenvalue weighted by molar-refractivity contribution is 0.414. The fraction of sp³-hybridized carbons (Fsp3) is 0.263. The van der Waals surface area contributed by atoms with Crippen molar-refractivity contribution >= 4 is 22.4 Å². The Balaban J connectivity index is 1.90. The second-order valence-electron chi connectivity index (χ2n) is 5.92. The van der Waals surface area contributed by atoms with E-state index >= 15 is 0 Å². The number of benzene rings is 2. The quantitative estimate of drug-likeness (QED) is 0.777. The van der Waals surface area contributed by atoms with E-state index in [0.717, 1.165) is 34.0 Å². The fourth-order valence-corrected chi connectivity index (χ4v) is 2.57. The van der Waals surface area contributed by atoms with Crippen molar-refractivity contribution in [1.82, 2.24) is 9.97 Å². The van der Waals surface area contributed by atoms with E-state index in [2.05, 4.69) is 32.3 Å². The molecule has 0 saturated heterocycles. The number of methoxy groups -OCH3 is 1. The standard InChI is InChI=1S/C19H22N4O/c1-13-21-18-10-7-15(23(2)3)11-17(18)19(22-13)20-12-14-5-8-16(24-4)9-6-14/h5-11H,12H2,1-4H3,(H,20,21,22). The average Bonchev–Trinajstić information content (AvgIpc) is 2.59. The van der Waals surface area contributed by atoms with Crippen LogP contribution in [0.1, 0.15) is 11.4 Å². The Bertz CT molecular complexity index is 844. The lowest BCUT2D eigenvalue weighted by atomic mass is 10.2. The van der Waals surface area contributed by atoms with Crippen molar-refractivity contribution in [3.05, 3.63) is 53.9 Å². The van der Waals surface area contributed by atoms with E-state index in [0.29, 0.717) is 6.54 Å². The molecule has 3 aromatic rings. The molecule has 1 aromatic heterocycles. The molecule has 24 heavy (non-hydrogen) atoms. The van der Waals surface area contributed by atoms with Gasteiger partial charge >= 0.3 is 0 Å². The predicted molar refractivity (Wildman–Crippen MR) is 98.9 cm³/mol. The SMILES string of the molecule is COc1ccc(CNc2nc(C)nc3ccc(N(C)C)cc23)cc1. The van der Waals surface area contributed by atoms with Crippen LogP contribution in [0, 0.1) is 6.92 Å². The Labute approximate surface area is 142 Å². The van der Waals surface area contributed by atoms with E-state index in [4.69, 9.17) is 4.74 Å². The summed E-state index contributed by atoms with van der Waals surface area (Å²) in [7, 11) is 5.73. The van der Waals surface area contributed by atoms with Crippen LogP contribution in [-0.4, -0.2) is 31.2 Å². The van der Waals surface area contributed by atoms with Gasteiger partial charge in [-0.05, 0) is 42.8 Å². The Morgan fingerprint density at radius 1 is 1.04 bits per heavy atom. The van der Waals surface area contributed by atoms with Crippen LogP contribution in [0.2, 0.25) is 0 Å². The first kappa shape index (κ1) is 16.1. The molecule has 0 saturated carbocycles. The first-order chi connectivity index (χ1) is 11.6. The summed E-state index contributed by atoms with van der Waals surface area (Å²) >= 11 is 0. The molecule has 0 aliphatic carbocycles. The summed E-state index contributed by atoms with van der Waals surface area (Å²) < 4.78 is 5.20. The third kappa shape index (κ3) is 3.40. The number of fused-ring (bicyclic) bond motifs is 1. The molecular formula is C19H22N4O. The van der Waals surface area contributed by atoms with Crippen LogP contribution in [0.3, 0.4) is 0 Å². The van der Waals surface area contributed by atoms with Crippen molar-refractivity contribution in [2.75, 3.05) is 31.4 Å². The van der Waals surface area contributed by atoms with Gasteiger partial charge in [0.25, 0.3) is 0 Å².